The molecule has 0 amide bonds. The predicted molar refractivity (Wildman–Crippen MR) is 117 cm³/mol. The van der Waals surface area contributed by atoms with Gasteiger partial charge in [-0.3, -0.25) is 20.0 Å². The normalized spacial score (nSPS) is 14.8. The van der Waals surface area contributed by atoms with Crippen molar-refractivity contribution in [2.24, 2.45) is 0 Å². The zero-order valence-electron chi connectivity index (χ0n) is 16.7. The van der Waals surface area contributed by atoms with E-state index in [0.29, 0.717) is 11.4 Å². The molecule has 1 saturated heterocycles. The van der Waals surface area contributed by atoms with Gasteiger partial charge in [0.25, 0.3) is 5.69 Å². The summed E-state index contributed by atoms with van der Waals surface area (Å²) in [5.74, 6) is 0.856. The second-order valence-electron chi connectivity index (χ2n) is 7.11. The molecule has 0 atom stereocenters. The minimum Gasteiger partial charge on any atom is -0.369 e. The van der Waals surface area contributed by atoms with Crippen molar-refractivity contribution in [3.8, 4) is 11.4 Å². The van der Waals surface area contributed by atoms with Crippen molar-refractivity contribution in [3.05, 3.63) is 63.7 Å². The van der Waals surface area contributed by atoms with Gasteiger partial charge in [-0.05, 0) is 43.4 Å². The third-order valence-electron chi connectivity index (χ3n) is 5.31. The molecule has 0 bridgehead atoms. The first-order valence-electron chi connectivity index (χ1n) is 9.86. The lowest BCUT2D eigenvalue weighted by atomic mass is 10.2. The summed E-state index contributed by atoms with van der Waals surface area (Å²) in [5.41, 5.74) is 2.12. The van der Waals surface area contributed by atoms with E-state index in [0.717, 1.165) is 49.8 Å². The number of nitrogens with zero attached hydrogens (tertiary/aromatic N) is 7. The molecule has 0 aliphatic carbocycles. The summed E-state index contributed by atoms with van der Waals surface area (Å²) in [4.78, 5) is 19.1. The Bertz CT molecular complexity index is 1070. The number of non-ortho nitro benzene ring substituents is 1. The van der Waals surface area contributed by atoms with Crippen LogP contribution in [0, 0.1) is 14.9 Å². The summed E-state index contributed by atoms with van der Waals surface area (Å²) >= 11 is 5.67. The van der Waals surface area contributed by atoms with Crippen LogP contribution in [0.5, 0.6) is 0 Å². The van der Waals surface area contributed by atoms with E-state index in [2.05, 4.69) is 21.7 Å². The van der Waals surface area contributed by atoms with E-state index < -0.39 is 0 Å². The highest BCUT2D eigenvalue weighted by Gasteiger charge is 2.20. The van der Waals surface area contributed by atoms with E-state index >= 15 is 0 Å². The van der Waals surface area contributed by atoms with Crippen LogP contribution in [0.15, 0.2) is 48.8 Å². The van der Waals surface area contributed by atoms with Crippen LogP contribution in [0.4, 0.5) is 11.4 Å². The van der Waals surface area contributed by atoms with Crippen molar-refractivity contribution in [2.45, 2.75) is 20.1 Å². The molecular formula is C20H23N7O2S. The number of aromatic nitrogens is 4. The lowest BCUT2D eigenvalue weighted by Crippen LogP contribution is -2.47. The van der Waals surface area contributed by atoms with Gasteiger partial charge in [0.2, 0.25) is 0 Å². The maximum Gasteiger partial charge on any atom is 0.269 e. The third kappa shape index (κ3) is 4.10. The lowest BCUT2D eigenvalue weighted by molar-refractivity contribution is -0.384. The van der Waals surface area contributed by atoms with Crippen molar-refractivity contribution in [2.75, 3.05) is 31.1 Å². The highest BCUT2D eigenvalue weighted by Crippen LogP contribution is 2.21. The average Bonchev–Trinajstić information content (AvgIpc) is 3.10. The fourth-order valence-corrected chi connectivity index (χ4v) is 3.97. The molecule has 0 unspecified atom stereocenters. The zero-order valence-corrected chi connectivity index (χ0v) is 17.5. The number of pyridine rings is 1. The third-order valence-corrected chi connectivity index (χ3v) is 5.74. The molecular weight excluding hydrogens is 402 g/mol. The summed E-state index contributed by atoms with van der Waals surface area (Å²) < 4.78 is 4.63. The Morgan fingerprint density at radius 1 is 1.07 bits per heavy atom. The van der Waals surface area contributed by atoms with Crippen LogP contribution in [0.25, 0.3) is 11.4 Å². The van der Waals surface area contributed by atoms with Crippen LogP contribution in [0.2, 0.25) is 0 Å². The Balaban J connectivity index is 1.43. The number of nitro groups is 1. The number of anilines is 1. The number of benzene rings is 1. The van der Waals surface area contributed by atoms with E-state index in [9.17, 15) is 10.1 Å². The Morgan fingerprint density at radius 3 is 2.33 bits per heavy atom. The smallest absolute Gasteiger partial charge is 0.269 e. The number of nitro benzene ring substituents is 1. The Labute approximate surface area is 179 Å². The molecule has 0 spiro atoms. The number of hydrogen-bond donors (Lipinski definition) is 0. The molecule has 1 aromatic carbocycles. The van der Waals surface area contributed by atoms with E-state index in [-0.39, 0.29) is 10.6 Å². The summed E-state index contributed by atoms with van der Waals surface area (Å²) in [6.45, 7) is 6.87. The molecule has 1 aliphatic heterocycles. The van der Waals surface area contributed by atoms with E-state index in [4.69, 9.17) is 17.3 Å². The van der Waals surface area contributed by atoms with Gasteiger partial charge in [0.05, 0.1) is 11.6 Å². The van der Waals surface area contributed by atoms with Crippen LogP contribution in [-0.4, -0.2) is 55.3 Å². The number of rotatable bonds is 6. The van der Waals surface area contributed by atoms with Gasteiger partial charge in [-0.1, -0.05) is 0 Å². The van der Waals surface area contributed by atoms with Gasteiger partial charge in [-0.15, -0.1) is 0 Å². The maximum atomic E-state index is 10.8. The molecule has 1 aliphatic rings. The maximum absolute atomic E-state index is 10.8. The minimum atomic E-state index is -0.374. The molecule has 156 valence electrons. The quantitative estimate of drug-likeness (QED) is 0.341. The van der Waals surface area contributed by atoms with Crippen molar-refractivity contribution in [1.29, 1.82) is 0 Å². The molecule has 0 radical (unpaired) electrons. The average molecular weight is 426 g/mol. The first-order chi connectivity index (χ1) is 14.6. The van der Waals surface area contributed by atoms with E-state index in [1.165, 1.54) is 0 Å². The molecule has 0 saturated carbocycles. The van der Waals surface area contributed by atoms with Gasteiger partial charge in [0.15, 0.2) is 10.6 Å². The second kappa shape index (κ2) is 8.72. The number of hydrogen-bond acceptors (Lipinski definition) is 7. The molecule has 0 N–H and O–H groups in total. The molecule has 10 heteroatoms. The highest BCUT2D eigenvalue weighted by atomic mass is 32.1. The summed E-state index contributed by atoms with van der Waals surface area (Å²) in [6, 6.07) is 10.6. The SMILES string of the molecule is CCn1c(-c2ccncc2)nn(CN2CCN(c3ccc([N+](=O)[O-])cc3)CC2)c1=S. The molecule has 9 nitrogen and oxygen atoms in total. The van der Waals surface area contributed by atoms with Crippen molar-refractivity contribution in [3.63, 3.8) is 0 Å². The standard InChI is InChI=1S/C20H23N7O2S/c1-2-25-19(16-7-9-21-10-8-16)22-26(20(25)30)15-23-11-13-24(14-12-23)17-3-5-18(6-4-17)27(28)29/h3-10H,2,11-15H2,1H3. The fourth-order valence-electron chi connectivity index (χ4n) is 3.65. The largest absolute Gasteiger partial charge is 0.369 e. The van der Waals surface area contributed by atoms with Gasteiger partial charge in [0.1, 0.15) is 0 Å². The Morgan fingerprint density at radius 2 is 1.73 bits per heavy atom. The molecule has 30 heavy (non-hydrogen) atoms. The van der Waals surface area contributed by atoms with Crippen molar-refractivity contribution < 1.29 is 4.92 Å². The Hall–Kier alpha value is -3.11. The molecule has 3 heterocycles. The van der Waals surface area contributed by atoms with Crippen LogP contribution in [0.3, 0.4) is 0 Å². The summed E-state index contributed by atoms with van der Waals surface area (Å²) in [7, 11) is 0. The molecule has 3 aromatic rings. The van der Waals surface area contributed by atoms with E-state index in [1.807, 2.05) is 33.5 Å². The summed E-state index contributed by atoms with van der Waals surface area (Å²) in [6.07, 6.45) is 3.52. The first-order valence-corrected chi connectivity index (χ1v) is 10.3. The summed E-state index contributed by atoms with van der Waals surface area (Å²) in [5, 5.41) is 15.6. The second-order valence-corrected chi connectivity index (χ2v) is 7.47. The van der Waals surface area contributed by atoms with Gasteiger partial charge in [0, 0.05) is 68.5 Å². The van der Waals surface area contributed by atoms with Crippen LogP contribution in [0.1, 0.15) is 6.92 Å². The zero-order chi connectivity index (χ0) is 21.1. The van der Waals surface area contributed by atoms with Crippen LogP contribution < -0.4 is 4.90 Å². The lowest BCUT2D eigenvalue weighted by Gasteiger charge is -2.35. The van der Waals surface area contributed by atoms with Crippen LogP contribution >= 0.6 is 12.2 Å². The van der Waals surface area contributed by atoms with Gasteiger partial charge in [-0.2, -0.15) is 5.10 Å². The van der Waals surface area contributed by atoms with Crippen molar-refractivity contribution in [1.82, 2.24) is 24.2 Å². The number of piperazine rings is 1. The molecule has 4 rings (SSSR count). The van der Waals surface area contributed by atoms with Gasteiger partial charge in [-0.25, -0.2) is 4.68 Å². The Kier molecular flexibility index (Phi) is 5.86. The monoisotopic (exact) mass is 425 g/mol. The molecule has 1 fully saturated rings. The van der Waals surface area contributed by atoms with Crippen molar-refractivity contribution >= 4 is 23.6 Å². The minimum absolute atomic E-state index is 0.114. The molecule has 2 aromatic heterocycles. The first kappa shape index (κ1) is 20.2. The van der Waals surface area contributed by atoms with Gasteiger partial charge >= 0.3 is 0 Å². The van der Waals surface area contributed by atoms with Gasteiger partial charge < -0.3 is 9.47 Å². The highest BCUT2D eigenvalue weighted by molar-refractivity contribution is 7.71. The van der Waals surface area contributed by atoms with Crippen LogP contribution in [-0.2, 0) is 13.2 Å². The topological polar surface area (TPSA) is 85.3 Å². The van der Waals surface area contributed by atoms with E-state index in [1.54, 1.807) is 24.5 Å². The fraction of sp³-hybridized carbons (Fsp3) is 0.350. The predicted octanol–water partition coefficient (Wildman–Crippen LogP) is 3.18.